The number of sulfonamides is 1. The van der Waals surface area contributed by atoms with Crippen LogP contribution in [-0.2, 0) is 10.0 Å². The van der Waals surface area contributed by atoms with Crippen molar-refractivity contribution in [3.05, 3.63) is 27.1 Å². The van der Waals surface area contributed by atoms with Gasteiger partial charge in [-0.05, 0) is 41.2 Å². The van der Waals surface area contributed by atoms with Gasteiger partial charge in [-0.3, -0.25) is 0 Å². The number of hydrogen-bond donors (Lipinski definition) is 2. The Morgan fingerprint density at radius 2 is 1.88 bits per heavy atom. The lowest BCUT2D eigenvalue weighted by atomic mass is 10.4. The van der Waals surface area contributed by atoms with Crippen LogP contribution >= 0.6 is 44.3 Å². The fourth-order valence-electron chi connectivity index (χ4n) is 1.08. The van der Waals surface area contributed by atoms with Gasteiger partial charge in [-0.15, -0.1) is 12.4 Å². The van der Waals surface area contributed by atoms with E-state index in [1.807, 2.05) is 0 Å². The molecule has 0 saturated carbocycles. The summed E-state index contributed by atoms with van der Waals surface area (Å²) in [5, 5.41) is 2.87. The minimum absolute atomic E-state index is 0. The zero-order valence-electron chi connectivity index (χ0n) is 9.04. The Bertz CT molecular complexity index is 468. The van der Waals surface area contributed by atoms with E-state index in [9.17, 15) is 8.42 Å². The highest BCUT2D eigenvalue weighted by atomic mass is 79.9. The molecular weight excluding hydrogens is 395 g/mol. The molecule has 4 nitrogen and oxygen atoms in total. The van der Waals surface area contributed by atoms with Crippen LogP contribution in [0.2, 0.25) is 0 Å². The summed E-state index contributed by atoms with van der Waals surface area (Å²) < 4.78 is 27.6. The van der Waals surface area contributed by atoms with E-state index in [1.54, 1.807) is 25.2 Å². The zero-order chi connectivity index (χ0) is 12.2. The van der Waals surface area contributed by atoms with E-state index in [-0.39, 0.29) is 17.3 Å². The smallest absolute Gasteiger partial charge is 0.241 e. The topological polar surface area (TPSA) is 58.2 Å². The lowest BCUT2D eigenvalue weighted by molar-refractivity contribution is 0.579. The Morgan fingerprint density at radius 3 is 2.41 bits per heavy atom. The van der Waals surface area contributed by atoms with Crippen molar-refractivity contribution in [3.8, 4) is 0 Å². The maximum absolute atomic E-state index is 11.9. The van der Waals surface area contributed by atoms with Gasteiger partial charge in [0.1, 0.15) is 0 Å². The zero-order valence-corrected chi connectivity index (χ0v) is 13.8. The van der Waals surface area contributed by atoms with E-state index in [2.05, 4.69) is 41.9 Å². The van der Waals surface area contributed by atoms with Crippen molar-refractivity contribution >= 4 is 54.3 Å². The molecule has 0 aliphatic heterocycles. The van der Waals surface area contributed by atoms with Crippen LogP contribution in [-0.4, -0.2) is 28.6 Å². The van der Waals surface area contributed by atoms with Crippen molar-refractivity contribution in [3.63, 3.8) is 0 Å². The summed E-state index contributed by atoms with van der Waals surface area (Å²) in [6, 6.07) is 4.94. The molecule has 0 heterocycles. The highest BCUT2D eigenvalue weighted by Crippen LogP contribution is 2.25. The van der Waals surface area contributed by atoms with Gasteiger partial charge in [-0.2, -0.15) is 0 Å². The Morgan fingerprint density at radius 1 is 1.24 bits per heavy atom. The summed E-state index contributed by atoms with van der Waals surface area (Å²) in [5.74, 6) is 0. The molecule has 0 radical (unpaired) electrons. The fraction of sp³-hybridized carbons (Fsp3) is 0.333. The van der Waals surface area contributed by atoms with Gasteiger partial charge in [0.05, 0.1) is 4.90 Å². The van der Waals surface area contributed by atoms with Gasteiger partial charge in [0.2, 0.25) is 10.0 Å². The van der Waals surface area contributed by atoms with Gasteiger partial charge in [0.25, 0.3) is 0 Å². The van der Waals surface area contributed by atoms with Gasteiger partial charge >= 0.3 is 0 Å². The van der Waals surface area contributed by atoms with Gasteiger partial charge in [-0.25, -0.2) is 13.1 Å². The molecular formula is C9H13Br2ClN2O2S. The molecule has 98 valence electrons. The van der Waals surface area contributed by atoms with Gasteiger partial charge in [-0.1, -0.05) is 15.9 Å². The first-order valence-corrected chi connectivity index (χ1v) is 7.63. The third kappa shape index (κ3) is 5.23. The predicted molar refractivity (Wildman–Crippen MR) is 78.2 cm³/mol. The molecule has 0 aromatic heterocycles. The van der Waals surface area contributed by atoms with Crippen molar-refractivity contribution in [2.75, 3.05) is 20.1 Å². The molecule has 0 unspecified atom stereocenters. The first-order chi connectivity index (χ1) is 7.47. The van der Waals surface area contributed by atoms with Crippen LogP contribution in [0.5, 0.6) is 0 Å². The van der Waals surface area contributed by atoms with Crippen LogP contribution in [0.25, 0.3) is 0 Å². The fourth-order valence-corrected chi connectivity index (χ4v) is 3.86. The Hall–Kier alpha value is 0.340. The molecule has 0 fully saturated rings. The van der Waals surface area contributed by atoms with Crippen LogP contribution in [0, 0.1) is 0 Å². The highest BCUT2D eigenvalue weighted by molar-refractivity contribution is 9.11. The molecule has 0 spiro atoms. The number of benzene rings is 1. The summed E-state index contributed by atoms with van der Waals surface area (Å²) >= 11 is 6.50. The van der Waals surface area contributed by atoms with Gasteiger partial charge < -0.3 is 5.32 Å². The van der Waals surface area contributed by atoms with Crippen LogP contribution < -0.4 is 10.0 Å². The van der Waals surface area contributed by atoms with Crippen LogP contribution in [0.4, 0.5) is 0 Å². The average Bonchev–Trinajstić information content (AvgIpc) is 2.17. The second-order valence-electron chi connectivity index (χ2n) is 3.08. The normalized spacial score (nSPS) is 11.0. The number of rotatable bonds is 5. The van der Waals surface area contributed by atoms with Crippen LogP contribution in [0.1, 0.15) is 0 Å². The summed E-state index contributed by atoms with van der Waals surface area (Å²) in [6.07, 6.45) is 0. The number of halogens is 3. The monoisotopic (exact) mass is 406 g/mol. The van der Waals surface area contributed by atoms with Crippen molar-refractivity contribution in [1.82, 2.24) is 10.0 Å². The minimum Gasteiger partial charge on any atom is -0.318 e. The second kappa shape index (κ2) is 7.70. The predicted octanol–water partition coefficient (Wildman–Crippen LogP) is 2.13. The van der Waals surface area contributed by atoms with E-state index < -0.39 is 10.0 Å². The Labute approximate surface area is 124 Å². The van der Waals surface area contributed by atoms with Crippen LogP contribution in [0.3, 0.4) is 0 Å². The van der Waals surface area contributed by atoms with Crippen molar-refractivity contribution in [1.29, 1.82) is 0 Å². The van der Waals surface area contributed by atoms with Crippen molar-refractivity contribution < 1.29 is 8.42 Å². The second-order valence-corrected chi connectivity index (χ2v) is 6.58. The number of nitrogens with one attached hydrogen (secondary N) is 2. The van der Waals surface area contributed by atoms with E-state index in [0.29, 0.717) is 17.6 Å². The van der Waals surface area contributed by atoms with Gasteiger partial charge in [0, 0.05) is 22.0 Å². The summed E-state index contributed by atoms with van der Waals surface area (Å²) in [7, 11) is -1.67. The molecule has 0 atom stereocenters. The molecule has 0 amide bonds. The Kier molecular flexibility index (Phi) is 7.86. The lowest BCUT2D eigenvalue weighted by Crippen LogP contribution is -2.30. The average molecular weight is 409 g/mol. The third-order valence-electron chi connectivity index (χ3n) is 1.85. The first-order valence-electron chi connectivity index (χ1n) is 4.56. The lowest BCUT2D eigenvalue weighted by Gasteiger charge is -2.08. The molecule has 8 heteroatoms. The summed E-state index contributed by atoms with van der Waals surface area (Å²) in [5.41, 5.74) is 0. The number of hydrogen-bond acceptors (Lipinski definition) is 3. The molecule has 0 aliphatic carbocycles. The first kappa shape index (κ1) is 17.3. The largest absolute Gasteiger partial charge is 0.318 e. The number of likely N-dealkylation sites (N-methyl/N-ethyl adjacent to an activating group) is 1. The molecule has 17 heavy (non-hydrogen) atoms. The SMILES string of the molecule is CNCCNS(=O)(=O)c1ccc(Br)cc1Br.Cl. The molecule has 0 saturated heterocycles. The Balaban J connectivity index is 0.00000256. The van der Waals surface area contributed by atoms with Gasteiger partial charge in [0.15, 0.2) is 0 Å². The van der Waals surface area contributed by atoms with E-state index in [4.69, 9.17) is 0 Å². The van der Waals surface area contributed by atoms with Crippen LogP contribution in [0.15, 0.2) is 32.0 Å². The summed E-state index contributed by atoms with van der Waals surface area (Å²) in [6.45, 7) is 0.953. The van der Waals surface area contributed by atoms with E-state index in [0.717, 1.165) is 4.47 Å². The molecule has 0 bridgehead atoms. The molecule has 1 aromatic carbocycles. The van der Waals surface area contributed by atoms with E-state index >= 15 is 0 Å². The molecule has 0 aliphatic rings. The quantitative estimate of drug-likeness (QED) is 0.734. The molecule has 1 aromatic rings. The molecule has 1 rings (SSSR count). The van der Waals surface area contributed by atoms with Crippen molar-refractivity contribution in [2.24, 2.45) is 0 Å². The molecule has 2 N–H and O–H groups in total. The standard InChI is InChI=1S/C9H12Br2N2O2S.ClH/c1-12-4-5-13-16(14,15)9-3-2-7(10)6-8(9)11;/h2-3,6,12-13H,4-5H2,1H3;1H. The maximum Gasteiger partial charge on any atom is 0.241 e. The highest BCUT2D eigenvalue weighted by Gasteiger charge is 2.16. The van der Waals surface area contributed by atoms with Crippen molar-refractivity contribution in [2.45, 2.75) is 4.90 Å². The third-order valence-corrected chi connectivity index (χ3v) is 4.78. The summed E-state index contributed by atoms with van der Waals surface area (Å²) in [4.78, 5) is 0.242. The van der Waals surface area contributed by atoms with E-state index in [1.165, 1.54) is 0 Å². The maximum atomic E-state index is 11.9. The minimum atomic E-state index is -3.44.